The molecule has 0 amide bonds. The summed E-state index contributed by atoms with van der Waals surface area (Å²) in [5.41, 5.74) is 17.1. The molecule has 12 rings (SSSR count). The molecule has 0 aliphatic carbocycles. The van der Waals surface area contributed by atoms with Gasteiger partial charge in [-0.1, -0.05) is 133 Å². The highest BCUT2D eigenvalue weighted by molar-refractivity contribution is 6.11. The number of benzene rings is 10. The maximum Gasteiger partial charge on any atom is 0.136 e. The molecule has 0 fully saturated rings. The summed E-state index contributed by atoms with van der Waals surface area (Å²) in [5, 5.41) is 4.59. The van der Waals surface area contributed by atoms with Crippen LogP contribution in [0.1, 0.15) is 0 Å². The molecule has 2 aromatic heterocycles. The van der Waals surface area contributed by atoms with Crippen LogP contribution in [0.2, 0.25) is 0 Å². The highest BCUT2D eigenvalue weighted by Crippen LogP contribution is 2.43. The minimum atomic E-state index is -0.235. The summed E-state index contributed by atoms with van der Waals surface area (Å²) in [6.07, 6.45) is 0. The Labute approximate surface area is 370 Å². The van der Waals surface area contributed by atoms with Crippen LogP contribution in [0.5, 0.6) is 0 Å². The van der Waals surface area contributed by atoms with Gasteiger partial charge in [0.25, 0.3) is 0 Å². The number of hydrogen-bond acceptors (Lipinski definition) is 2. The molecule has 0 radical (unpaired) electrons. The zero-order chi connectivity index (χ0) is 42.6. The molecule has 302 valence electrons. The number of para-hydroxylation sites is 4. The molecule has 3 nitrogen and oxygen atoms in total. The van der Waals surface area contributed by atoms with Crippen molar-refractivity contribution in [1.29, 1.82) is 0 Å². The van der Waals surface area contributed by atoms with E-state index in [0.717, 1.165) is 100 Å². The van der Waals surface area contributed by atoms with Crippen LogP contribution in [0, 0.1) is 5.82 Å². The lowest BCUT2D eigenvalue weighted by Crippen LogP contribution is -2.09. The molecule has 0 unspecified atom stereocenters. The van der Waals surface area contributed by atoms with Gasteiger partial charge in [-0.15, -0.1) is 0 Å². The summed E-state index contributed by atoms with van der Waals surface area (Å²) in [7, 11) is 0. The van der Waals surface area contributed by atoms with Crippen LogP contribution in [0.3, 0.4) is 0 Å². The first-order valence-corrected chi connectivity index (χ1v) is 21.6. The first kappa shape index (κ1) is 37.3. The third kappa shape index (κ3) is 6.52. The number of halogens is 1. The Balaban J connectivity index is 1.00. The van der Waals surface area contributed by atoms with Crippen molar-refractivity contribution in [1.82, 2.24) is 4.57 Å². The average Bonchev–Trinajstić information content (AvgIpc) is 3.90. The Morgan fingerprint density at radius 3 is 1.66 bits per heavy atom. The van der Waals surface area contributed by atoms with E-state index in [1.807, 2.05) is 24.3 Å². The number of furan rings is 1. The Kier molecular flexibility index (Phi) is 9.01. The van der Waals surface area contributed by atoms with E-state index in [4.69, 9.17) is 4.42 Å². The van der Waals surface area contributed by atoms with Crippen molar-refractivity contribution >= 4 is 60.8 Å². The first-order valence-electron chi connectivity index (χ1n) is 21.6. The van der Waals surface area contributed by atoms with Crippen LogP contribution in [-0.2, 0) is 0 Å². The van der Waals surface area contributed by atoms with Gasteiger partial charge >= 0.3 is 0 Å². The molecule has 4 heteroatoms. The lowest BCUT2D eigenvalue weighted by molar-refractivity contribution is 0.628. The van der Waals surface area contributed by atoms with Gasteiger partial charge in [-0.2, -0.15) is 0 Å². The second-order valence-corrected chi connectivity index (χ2v) is 16.3. The monoisotopic (exact) mass is 822 g/mol. The van der Waals surface area contributed by atoms with E-state index in [1.54, 1.807) is 0 Å². The number of fused-ring (bicyclic) bond motifs is 6. The van der Waals surface area contributed by atoms with Gasteiger partial charge in [0.2, 0.25) is 0 Å². The summed E-state index contributed by atoms with van der Waals surface area (Å²) in [6.45, 7) is 0. The van der Waals surface area contributed by atoms with E-state index in [0.29, 0.717) is 0 Å². The van der Waals surface area contributed by atoms with E-state index in [-0.39, 0.29) is 5.82 Å². The van der Waals surface area contributed by atoms with E-state index < -0.39 is 0 Å². The molecular weight excluding hydrogens is 784 g/mol. The number of hydrogen-bond donors (Lipinski definition) is 0. The topological polar surface area (TPSA) is 21.3 Å². The lowest BCUT2D eigenvalue weighted by atomic mass is 9.90. The normalized spacial score (nSPS) is 11.5. The number of nitrogens with zero attached hydrogens (tertiary/aromatic N) is 2. The van der Waals surface area contributed by atoms with Gasteiger partial charge < -0.3 is 13.9 Å². The van der Waals surface area contributed by atoms with Gasteiger partial charge in [-0.25, -0.2) is 4.39 Å². The lowest BCUT2D eigenvalue weighted by Gasteiger charge is -2.26. The zero-order valence-electron chi connectivity index (χ0n) is 34.7. The van der Waals surface area contributed by atoms with Gasteiger partial charge in [-0.05, 0) is 148 Å². The minimum Gasteiger partial charge on any atom is -0.456 e. The van der Waals surface area contributed by atoms with Gasteiger partial charge in [0.1, 0.15) is 17.0 Å². The van der Waals surface area contributed by atoms with E-state index >= 15 is 0 Å². The van der Waals surface area contributed by atoms with Crippen LogP contribution >= 0.6 is 0 Å². The standard InChI is InChI=1S/C60H39FN2O/c61-46-29-22-40(23-30-46)41-24-31-49(32-25-41)63-57-20-9-7-18-52(57)56-38-43(28-35-58(56)63)42-26-33-51(55(37-42)45-27-34-54-53-19-8-10-21-59(53)64-60(54)39-45)44-12-11-17-50(36-44)62(47-13-3-1-4-14-47)48-15-5-2-6-16-48/h1-39H. The van der Waals surface area contributed by atoms with Crippen molar-refractivity contribution in [3.63, 3.8) is 0 Å². The van der Waals surface area contributed by atoms with E-state index in [1.165, 1.54) is 22.9 Å². The molecule has 10 aromatic carbocycles. The van der Waals surface area contributed by atoms with Crippen LogP contribution < -0.4 is 4.90 Å². The third-order valence-corrected chi connectivity index (χ3v) is 12.5. The molecule has 0 spiro atoms. The molecular formula is C60H39FN2O. The fourth-order valence-electron chi connectivity index (χ4n) is 9.40. The smallest absolute Gasteiger partial charge is 0.136 e. The summed E-state index contributed by atoms with van der Waals surface area (Å²) < 4.78 is 22.5. The van der Waals surface area contributed by atoms with Crippen LogP contribution in [-0.4, -0.2) is 4.57 Å². The maximum absolute atomic E-state index is 13.7. The number of anilines is 3. The Hall–Kier alpha value is -8.47. The van der Waals surface area contributed by atoms with Crippen molar-refractivity contribution in [3.05, 3.63) is 242 Å². The van der Waals surface area contributed by atoms with Crippen molar-refractivity contribution < 1.29 is 8.81 Å². The van der Waals surface area contributed by atoms with Crippen LogP contribution in [0.25, 0.3) is 93.9 Å². The van der Waals surface area contributed by atoms with Gasteiger partial charge in [-0.3, -0.25) is 0 Å². The van der Waals surface area contributed by atoms with E-state index in [9.17, 15) is 4.39 Å². The Morgan fingerprint density at radius 1 is 0.328 bits per heavy atom. The average molecular weight is 823 g/mol. The first-order chi connectivity index (χ1) is 31.6. The third-order valence-electron chi connectivity index (χ3n) is 12.5. The molecule has 0 atom stereocenters. The van der Waals surface area contributed by atoms with Gasteiger partial charge in [0, 0.05) is 44.3 Å². The summed E-state index contributed by atoms with van der Waals surface area (Å²) in [5.74, 6) is -0.235. The minimum absolute atomic E-state index is 0.235. The molecule has 0 aliphatic heterocycles. The predicted molar refractivity (Wildman–Crippen MR) is 264 cm³/mol. The molecule has 0 saturated carbocycles. The summed E-state index contributed by atoms with van der Waals surface area (Å²) >= 11 is 0. The fourth-order valence-corrected chi connectivity index (χ4v) is 9.40. The summed E-state index contributed by atoms with van der Waals surface area (Å²) in [6, 6.07) is 82.3. The highest BCUT2D eigenvalue weighted by atomic mass is 19.1. The highest BCUT2D eigenvalue weighted by Gasteiger charge is 2.18. The quantitative estimate of drug-likeness (QED) is 0.152. The molecule has 0 bridgehead atoms. The molecule has 64 heavy (non-hydrogen) atoms. The van der Waals surface area contributed by atoms with Crippen molar-refractivity contribution in [2.45, 2.75) is 0 Å². The molecule has 12 aromatic rings. The van der Waals surface area contributed by atoms with Gasteiger partial charge in [0.05, 0.1) is 11.0 Å². The fraction of sp³-hybridized carbons (Fsp3) is 0. The summed E-state index contributed by atoms with van der Waals surface area (Å²) in [4.78, 5) is 2.31. The number of rotatable bonds is 8. The van der Waals surface area contributed by atoms with Crippen molar-refractivity contribution in [3.8, 4) is 50.2 Å². The molecule has 0 aliphatic rings. The molecule has 0 N–H and O–H groups in total. The Bertz CT molecular complexity index is 3620. The van der Waals surface area contributed by atoms with Gasteiger partial charge in [0.15, 0.2) is 0 Å². The predicted octanol–water partition coefficient (Wildman–Crippen LogP) is 17.0. The largest absolute Gasteiger partial charge is 0.456 e. The van der Waals surface area contributed by atoms with Crippen LogP contribution in [0.15, 0.2) is 241 Å². The zero-order valence-corrected chi connectivity index (χ0v) is 34.7. The van der Waals surface area contributed by atoms with Crippen LogP contribution in [0.4, 0.5) is 21.5 Å². The van der Waals surface area contributed by atoms with Crippen molar-refractivity contribution in [2.75, 3.05) is 4.90 Å². The SMILES string of the molecule is Fc1ccc(-c2ccc(-n3c4ccccc4c4cc(-c5ccc(-c6cccc(N(c7ccccc7)c7ccccc7)c6)c(-c6ccc7c(c6)oc6ccccc67)c5)ccc43)cc2)cc1. The second kappa shape index (κ2) is 15.5. The van der Waals surface area contributed by atoms with Crippen molar-refractivity contribution in [2.24, 2.45) is 0 Å². The second-order valence-electron chi connectivity index (χ2n) is 16.3. The number of aromatic nitrogens is 1. The molecule has 0 saturated heterocycles. The van der Waals surface area contributed by atoms with E-state index in [2.05, 4.69) is 210 Å². The maximum atomic E-state index is 13.7. The Morgan fingerprint density at radius 2 is 0.891 bits per heavy atom. The molecule has 2 heterocycles.